The first-order valence-electron chi connectivity index (χ1n) is 6.06. The molecular formula is C13H20N2. The van der Waals surface area contributed by atoms with Gasteiger partial charge in [-0.3, -0.25) is 4.98 Å². The number of pyridine rings is 1. The van der Waals surface area contributed by atoms with Crippen LogP contribution in [0.5, 0.6) is 0 Å². The molecule has 1 aromatic heterocycles. The lowest BCUT2D eigenvalue weighted by atomic mass is 9.85. The largest absolute Gasteiger partial charge is 0.317 e. The molecule has 1 N–H and O–H groups in total. The maximum Gasteiger partial charge on any atom is 0.0466 e. The second-order valence-corrected chi connectivity index (χ2v) is 4.28. The molecule has 1 atom stereocenters. The number of fused-ring (bicyclic) bond motifs is 1. The molecule has 0 saturated heterocycles. The zero-order valence-corrected chi connectivity index (χ0v) is 9.50. The van der Waals surface area contributed by atoms with Gasteiger partial charge in [0, 0.05) is 17.8 Å². The van der Waals surface area contributed by atoms with E-state index in [0.717, 1.165) is 13.1 Å². The average Bonchev–Trinajstić information content (AvgIpc) is 2.30. The first-order valence-corrected chi connectivity index (χ1v) is 6.06. The number of hydrogen-bond donors (Lipinski definition) is 1. The lowest BCUT2D eigenvalue weighted by Gasteiger charge is -2.24. The van der Waals surface area contributed by atoms with Gasteiger partial charge < -0.3 is 5.32 Å². The highest BCUT2D eigenvalue weighted by Crippen LogP contribution is 2.31. The van der Waals surface area contributed by atoms with E-state index in [4.69, 9.17) is 0 Å². The van der Waals surface area contributed by atoms with Gasteiger partial charge >= 0.3 is 0 Å². The standard InChI is InChI=1S/C13H20N2/c1-2-14-10-8-12-6-3-5-11-7-4-9-15-13(11)12/h4,7,9,12,14H,2-3,5-6,8,10H2,1H3. The summed E-state index contributed by atoms with van der Waals surface area (Å²) in [5.74, 6) is 0.689. The Kier molecular flexibility index (Phi) is 3.73. The van der Waals surface area contributed by atoms with Gasteiger partial charge in [0.2, 0.25) is 0 Å². The van der Waals surface area contributed by atoms with E-state index in [1.807, 2.05) is 6.20 Å². The lowest BCUT2D eigenvalue weighted by Crippen LogP contribution is -2.19. The van der Waals surface area contributed by atoms with Crippen molar-refractivity contribution in [3.05, 3.63) is 29.6 Å². The minimum absolute atomic E-state index is 0.689. The highest BCUT2D eigenvalue weighted by atomic mass is 14.8. The van der Waals surface area contributed by atoms with Crippen LogP contribution in [0.25, 0.3) is 0 Å². The molecule has 0 amide bonds. The van der Waals surface area contributed by atoms with Crippen molar-refractivity contribution in [1.29, 1.82) is 0 Å². The van der Waals surface area contributed by atoms with Crippen LogP contribution in [0, 0.1) is 0 Å². The Balaban J connectivity index is 2.02. The minimum Gasteiger partial charge on any atom is -0.317 e. The fourth-order valence-electron chi connectivity index (χ4n) is 2.44. The van der Waals surface area contributed by atoms with Crippen LogP contribution in [-0.4, -0.2) is 18.1 Å². The van der Waals surface area contributed by atoms with Gasteiger partial charge in [-0.05, 0) is 50.4 Å². The quantitative estimate of drug-likeness (QED) is 0.762. The second kappa shape index (κ2) is 5.26. The number of aromatic nitrogens is 1. The van der Waals surface area contributed by atoms with Crippen molar-refractivity contribution >= 4 is 0 Å². The van der Waals surface area contributed by atoms with E-state index in [0.29, 0.717) is 5.92 Å². The maximum absolute atomic E-state index is 4.55. The third-order valence-corrected chi connectivity index (χ3v) is 3.23. The van der Waals surface area contributed by atoms with Crippen molar-refractivity contribution in [1.82, 2.24) is 10.3 Å². The summed E-state index contributed by atoms with van der Waals surface area (Å²) in [7, 11) is 0. The molecule has 0 aromatic carbocycles. The van der Waals surface area contributed by atoms with Gasteiger partial charge in [0.25, 0.3) is 0 Å². The fraction of sp³-hybridized carbons (Fsp3) is 0.615. The van der Waals surface area contributed by atoms with E-state index in [1.165, 1.54) is 36.9 Å². The Hall–Kier alpha value is -0.890. The Morgan fingerprint density at radius 2 is 2.47 bits per heavy atom. The molecule has 2 heteroatoms. The predicted octanol–water partition coefficient (Wildman–Crippen LogP) is 2.50. The Morgan fingerprint density at radius 1 is 1.53 bits per heavy atom. The molecular weight excluding hydrogens is 184 g/mol. The average molecular weight is 204 g/mol. The number of aryl methyl sites for hydroxylation is 1. The van der Waals surface area contributed by atoms with E-state index < -0.39 is 0 Å². The van der Waals surface area contributed by atoms with Crippen LogP contribution in [0.1, 0.15) is 43.4 Å². The Labute approximate surface area is 92.1 Å². The predicted molar refractivity (Wildman–Crippen MR) is 63.1 cm³/mol. The van der Waals surface area contributed by atoms with E-state index in [9.17, 15) is 0 Å². The summed E-state index contributed by atoms with van der Waals surface area (Å²) in [6, 6.07) is 4.30. The molecule has 15 heavy (non-hydrogen) atoms. The molecule has 82 valence electrons. The minimum atomic E-state index is 0.689. The van der Waals surface area contributed by atoms with E-state index in [-0.39, 0.29) is 0 Å². The van der Waals surface area contributed by atoms with Crippen LogP contribution in [0.4, 0.5) is 0 Å². The van der Waals surface area contributed by atoms with Crippen LogP contribution in [-0.2, 0) is 6.42 Å². The van der Waals surface area contributed by atoms with Gasteiger partial charge in [-0.2, -0.15) is 0 Å². The van der Waals surface area contributed by atoms with Gasteiger partial charge in [-0.15, -0.1) is 0 Å². The van der Waals surface area contributed by atoms with Crippen molar-refractivity contribution in [3.8, 4) is 0 Å². The van der Waals surface area contributed by atoms with Crippen LogP contribution in [0.15, 0.2) is 18.3 Å². The summed E-state index contributed by atoms with van der Waals surface area (Å²) in [4.78, 5) is 4.55. The molecule has 1 heterocycles. The fourth-order valence-corrected chi connectivity index (χ4v) is 2.44. The Bertz CT molecular complexity index is 309. The monoisotopic (exact) mass is 204 g/mol. The summed E-state index contributed by atoms with van der Waals surface area (Å²) >= 11 is 0. The molecule has 0 aliphatic heterocycles. The zero-order valence-electron chi connectivity index (χ0n) is 9.50. The molecule has 2 rings (SSSR count). The van der Waals surface area contributed by atoms with Gasteiger partial charge in [0.05, 0.1) is 0 Å². The molecule has 1 aliphatic rings. The van der Waals surface area contributed by atoms with Crippen LogP contribution >= 0.6 is 0 Å². The lowest BCUT2D eigenvalue weighted by molar-refractivity contribution is 0.490. The number of hydrogen-bond acceptors (Lipinski definition) is 2. The smallest absolute Gasteiger partial charge is 0.0466 e. The highest BCUT2D eigenvalue weighted by Gasteiger charge is 2.20. The van der Waals surface area contributed by atoms with E-state index in [2.05, 4.69) is 29.4 Å². The number of nitrogens with zero attached hydrogens (tertiary/aromatic N) is 1. The highest BCUT2D eigenvalue weighted by molar-refractivity contribution is 5.25. The third-order valence-electron chi connectivity index (χ3n) is 3.23. The van der Waals surface area contributed by atoms with Crippen molar-refractivity contribution in [2.45, 2.75) is 38.5 Å². The molecule has 2 nitrogen and oxygen atoms in total. The van der Waals surface area contributed by atoms with Crippen molar-refractivity contribution in [2.75, 3.05) is 13.1 Å². The van der Waals surface area contributed by atoms with Gasteiger partial charge in [0.1, 0.15) is 0 Å². The summed E-state index contributed by atoms with van der Waals surface area (Å²) in [5, 5.41) is 3.40. The van der Waals surface area contributed by atoms with Gasteiger partial charge in [0.15, 0.2) is 0 Å². The molecule has 0 spiro atoms. The molecule has 0 radical (unpaired) electrons. The van der Waals surface area contributed by atoms with Gasteiger partial charge in [-0.25, -0.2) is 0 Å². The second-order valence-electron chi connectivity index (χ2n) is 4.28. The summed E-state index contributed by atoms with van der Waals surface area (Å²) in [6.45, 7) is 4.35. The molecule has 0 bridgehead atoms. The van der Waals surface area contributed by atoms with Crippen LogP contribution in [0.2, 0.25) is 0 Å². The first kappa shape index (κ1) is 10.6. The van der Waals surface area contributed by atoms with E-state index >= 15 is 0 Å². The SMILES string of the molecule is CCNCCC1CCCc2cccnc21. The molecule has 1 aromatic rings. The third kappa shape index (κ3) is 2.57. The van der Waals surface area contributed by atoms with Crippen LogP contribution in [0.3, 0.4) is 0 Å². The topological polar surface area (TPSA) is 24.9 Å². The summed E-state index contributed by atoms with van der Waals surface area (Å²) in [6.07, 6.45) is 7.04. The summed E-state index contributed by atoms with van der Waals surface area (Å²) in [5.41, 5.74) is 2.84. The molecule has 1 aliphatic carbocycles. The van der Waals surface area contributed by atoms with E-state index in [1.54, 1.807) is 0 Å². The number of rotatable bonds is 4. The maximum atomic E-state index is 4.55. The number of nitrogens with one attached hydrogen (secondary N) is 1. The normalized spacial score (nSPS) is 19.9. The van der Waals surface area contributed by atoms with Crippen molar-refractivity contribution in [2.24, 2.45) is 0 Å². The van der Waals surface area contributed by atoms with Crippen LogP contribution < -0.4 is 5.32 Å². The first-order chi connectivity index (χ1) is 7.42. The zero-order chi connectivity index (χ0) is 10.5. The molecule has 1 unspecified atom stereocenters. The van der Waals surface area contributed by atoms with Gasteiger partial charge in [-0.1, -0.05) is 13.0 Å². The summed E-state index contributed by atoms with van der Waals surface area (Å²) < 4.78 is 0. The Morgan fingerprint density at radius 3 is 3.33 bits per heavy atom. The molecule has 0 fully saturated rings. The molecule has 0 saturated carbocycles. The van der Waals surface area contributed by atoms with Crippen molar-refractivity contribution in [3.63, 3.8) is 0 Å². The van der Waals surface area contributed by atoms with Crippen molar-refractivity contribution < 1.29 is 0 Å².